The maximum absolute atomic E-state index is 11.3. The minimum Gasteiger partial charge on any atom is -0.368 e. The van der Waals surface area contributed by atoms with E-state index in [2.05, 4.69) is 16.8 Å². The minimum absolute atomic E-state index is 0. The van der Waals surface area contributed by atoms with Gasteiger partial charge in [-0.3, -0.25) is 4.79 Å². The Morgan fingerprint density at radius 3 is 2.22 bits per heavy atom. The van der Waals surface area contributed by atoms with Crippen LogP contribution in [0.25, 0.3) is 0 Å². The van der Waals surface area contributed by atoms with E-state index >= 15 is 0 Å². The van der Waals surface area contributed by atoms with Gasteiger partial charge in [-0.05, 0) is 30.8 Å². The highest BCUT2D eigenvalue weighted by molar-refractivity contribution is 6.68. The summed E-state index contributed by atoms with van der Waals surface area (Å²) in [6.07, 6.45) is 0. The van der Waals surface area contributed by atoms with Crippen LogP contribution in [0.2, 0.25) is 0 Å². The molecule has 18 heavy (non-hydrogen) atoms. The van der Waals surface area contributed by atoms with Gasteiger partial charge < -0.3 is 9.80 Å². The summed E-state index contributed by atoms with van der Waals surface area (Å²) in [5.41, 5.74) is 1.56. The van der Waals surface area contributed by atoms with Crippen LogP contribution in [0.15, 0.2) is 24.3 Å². The molecule has 0 N–H and O–H groups in total. The van der Waals surface area contributed by atoms with Crippen molar-refractivity contribution in [1.82, 2.24) is 4.90 Å². The minimum atomic E-state index is -0.380. The van der Waals surface area contributed by atoms with Gasteiger partial charge in [-0.1, -0.05) is 12.1 Å². The molecule has 102 valence electrons. The normalized spacial score (nSPS) is 15.6. The van der Waals surface area contributed by atoms with Gasteiger partial charge in [0.05, 0.1) is 5.56 Å². The lowest BCUT2D eigenvalue weighted by Gasteiger charge is -2.34. The van der Waals surface area contributed by atoms with Crippen LogP contribution in [0, 0.1) is 0 Å². The van der Waals surface area contributed by atoms with Crippen LogP contribution in [-0.4, -0.2) is 43.4 Å². The number of halogens is 3. The van der Waals surface area contributed by atoms with Crippen LogP contribution in [0.3, 0.4) is 0 Å². The molecule has 0 amide bonds. The van der Waals surface area contributed by atoms with E-state index in [1.165, 1.54) is 0 Å². The molecular weight excluding hydrogens is 295 g/mol. The largest absolute Gasteiger partial charge is 0.368 e. The molecule has 1 fully saturated rings. The first-order chi connectivity index (χ1) is 7.68. The summed E-state index contributed by atoms with van der Waals surface area (Å²) in [5, 5.41) is -0.380. The predicted octanol–water partition coefficient (Wildman–Crippen LogP) is 2.66. The van der Waals surface area contributed by atoms with Crippen molar-refractivity contribution in [3.8, 4) is 0 Å². The monoisotopic (exact) mass is 310 g/mol. The Kier molecular flexibility index (Phi) is 7.64. The summed E-state index contributed by atoms with van der Waals surface area (Å²) in [7, 11) is 2.11. The molecule has 1 saturated heterocycles. The number of carbonyl (C=O) groups is 1. The third-order valence-corrected chi connectivity index (χ3v) is 3.16. The van der Waals surface area contributed by atoms with Crippen molar-refractivity contribution in [2.45, 2.75) is 0 Å². The molecule has 6 heteroatoms. The zero-order chi connectivity index (χ0) is 11.5. The Morgan fingerprint density at radius 2 is 1.67 bits per heavy atom. The molecule has 0 atom stereocenters. The molecule has 1 aromatic carbocycles. The Bertz CT molecular complexity index is 393. The van der Waals surface area contributed by atoms with Gasteiger partial charge in [0.15, 0.2) is 0 Å². The number of likely N-dealkylation sites (N-methyl/N-ethyl adjacent to an activating group) is 1. The lowest BCUT2D eigenvalue weighted by Crippen LogP contribution is -2.44. The molecule has 0 aliphatic carbocycles. The molecule has 0 unspecified atom stereocenters. The highest BCUT2D eigenvalue weighted by atomic mass is 35.5. The molecule has 1 aromatic rings. The fraction of sp³-hybridized carbons (Fsp3) is 0.417. The number of piperazine rings is 1. The van der Waals surface area contributed by atoms with E-state index in [-0.39, 0.29) is 30.1 Å². The van der Waals surface area contributed by atoms with Crippen LogP contribution in [0.1, 0.15) is 10.4 Å². The number of para-hydroxylation sites is 1. The number of nitrogens with zero attached hydrogens (tertiary/aromatic N) is 2. The molecule has 3 nitrogen and oxygen atoms in total. The molecule has 0 radical (unpaired) electrons. The number of benzene rings is 1. The predicted molar refractivity (Wildman–Crippen MR) is 80.8 cm³/mol. The molecule has 1 heterocycles. The van der Waals surface area contributed by atoms with E-state index in [0.717, 1.165) is 31.9 Å². The fourth-order valence-electron chi connectivity index (χ4n) is 1.96. The zero-order valence-corrected chi connectivity index (χ0v) is 12.5. The second-order valence-corrected chi connectivity index (χ2v) is 4.42. The van der Waals surface area contributed by atoms with E-state index in [0.29, 0.717) is 5.56 Å². The summed E-state index contributed by atoms with van der Waals surface area (Å²) in [6, 6.07) is 7.52. The van der Waals surface area contributed by atoms with Crippen molar-refractivity contribution >= 4 is 47.3 Å². The smallest absolute Gasteiger partial charge is 0.254 e. The quantitative estimate of drug-likeness (QED) is 0.785. The number of anilines is 1. The van der Waals surface area contributed by atoms with Crippen LogP contribution < -0.4 is 4.90 Å². The third-order valence-electron chi connectivity index (χ3n) is 2.96. The Hall–Kier alpha value is -0.480. The van der Waals surface area contributed by atoms with Crippen molar-refractivity contribution in [3.63, 3.8) is 0 Å². The molecule has 1 aliphatic rings. The van der Waals surface area contributed by atoms with E-state index in [1.807, 2.05) is 18.2 Å². The maximum atomic E-state index is 11.3. The SMILES string of the molecule is CN1CCN(c2ccccc2C(=O)Cl)CC1.Cl.Cl. The van der Waals surface area contributed by atoms with Gasteiger partial charge in [0.25, 0.3) is 5.24 Å². The van der Waals surface area contributed by atoms with Gasteiger partial charge in [-0.25, -0.2) is 0 Å². The van der Waals surface area contributed by atoms with Crippen LogP contribution in [0.5, 0.6) is 0 Å². The standard InChI is InChI=1S/C12H15ClN2O.2ClH/c1-14-6-8-15(9-7-14)11-5-3-2-4-10(11)12(13)16;;/h2-5H,6-9H2,1H3;2*1H. The zero-order valence-electron chi connectivity index (χ0n) is 10.1. The highest BCUT2D eigenvalue weighted by Crippen LogP contribution is 2.22. The van der Waals surface area contributed by atoms with Gasteiger partial charge in [0.1, 0.15) is 0 Å². The van der Waals surface area contributed by atoms with Crippen molar-refractivity contribution in [2.75, 3.05) is 38.1 Å². The Labute approximate surface area is 125 Å². The topological polar surface area (TPSA) is 23.6 Å². The first-order valence-corrected chi connectivity index (χ1v) is 5.78. The summed E-state index contributed by atoms with van der Waals surface area (Å²) in [5.74, 6) is 0. The van der Waals surface area contributed by atoms with Gasteiger partial charge in [-0.2, -0.15) is 0 Å². The number of rotatable bonds is 2. The van der Waals surface area contributed by atoms with Crippen molar-refractivity contribution in [1.29, 1.82) is 0 Å². The van der Waals surface area contributed by atoms with Gasteiger partial charge in [0.2, 0.25) is 0 Å². The first kappa shape index (κ1) is 17.5. The highest BCUT2D eigenvalue weighted by Gasteiger charge is 2.18. The second-order valence-electron chi connectivity index (χ2n) is 4.08. The average molecular weight is 312 g/mol. The van der Waals surface area contributed by atoms with Crippen LogP contribution in [-0.2, 0) is 0 Å². The average Bonchev–Trinajstić information content (AvgIpc) is 2.30. The van der Waals surface area contributed by atoms with Crippen molar-refractivity contribution in [3.05, 3.63) is 29.8 Å². The number of carbonyl (C=O) groups excluding carboxylic acids is 1. The van der Waals surface area contributed by atoms with Gasteiger partial charge in [-0.15, -0.1) is 24.8 Å². The van der Waals surface area contributed by atoms with Crippen LogP contribution >= 0.6 is 36.4 Å². The fourth-order valence-corrected chi connectivity index (χ4v) is 2.12. The van der Waals surface area contributed by atoms with E-state index in [4.69, 9.17) is 11.6 Å². The summed E-state index contributed by atoms with van der Waals surface area (Å²) in [6.45, 7) is 3.92. The van der Waals surface area contributed by atoms with Crippen LogP contribution in [0.4, 0.5) is 5.69 Å². The molecular formula is C12H17Cl3N2O. The van der Waals surface area contributed by atoms with E-state index in [9.17, 15) is 4.79 Å². The molecule has 2 rings (SSSR count). The van der Waals surface area contributed by atoms with E-state index < -0.39 is 0 Å². The Morgan fingerprint density at radius 1 is 1.11 bits per heavy atom. The number of hydrogen-bond donors (Lipinski definition) is 0. The van der Waals surface area contributed by atoms with E-state index in [1.54, 1.807) is 6.07 Å². The lowest BCUT2D eigenvalue weighted by atomic mass is 10.1. The second kappa shape index (κ2) is 7.85. The molecule has 0 saturated carbocycles. The van der Waals surface area contributed by atoms with Gasteiger partial charge >= 0.3 is 0 Å². The molecule has 1 aliphatic heterocycles. The third kappa shape index (κ3) is 4.02. The molecule has 0 bridgehead atoms. The maximum Gasteiger partial charge on any atom is 0.254 e. The summed E-state index contributed by atoms with van der Waals surface area (Å²) >= 11 is 5.58. The van der Waals surface area contributed by atoms with Crippen molar-refractivity contribution < 1.29 is 4.79 Å². The van der Waals surface area contributed by atoms with Crippen molar-refractivity contribution in [2.24, 2.45) is 0 Å². The summed E-state index contributed by atoms with van der Waals surface area (Å²) < 4.78 is 0. The first-order valence-electron chi connectivity index (χ1n) is 5.41. The van der Waals surface area contributed by atoms with Gasteiger partial charge in [0, 0.05) is 31.9 Å². The lowest BCUT2D eigenvalue weighted by molar-refractivity contribution is 0.108. The summed E-state index contributed by atoms with van der Waals surface area (Å²) in [4.78, 5) is 15.8. The molecule has 0 spiro atoms. The molecule has 0 aromatic heterocycles. The number of hydrogen-bond acceptors (Lipinski definition) is 3. The Balaban J connectivity index is 0.00000144.